The van der Waals surface area contributed by atoms with Crippen LogP contribution < -0.4 is 0 Å². The standard InChI is InChI=1S/C58H100O10/c1-37(28-47(60)68-42(31-64-49(62)55(14,15)33-51(4,5)6)32-65-50(63)56(16,17)34-52(7,8)9)30-53(10,11)35-54(12,13)38(2)48(61)67-36-66-41-24-26-57(18)40(29-41)20-21-43-45-23-22-44(39(3)59)58(45,19)27-25-46(43)57/h37-38,40-46H,20-36H2,1-19H3/t37?,38?,40?,41-,43-,44+,45?,46?,57-,58+/m0/s1. The third kappa shape index (κ3) is 15.0. The zero-order valence-electron chi connectivity index (χ0n) is 46.8. The SMILES string of the molecule is CC(=O)[C@H]1CCC2[C@@H]3CCC4C[C@@H](OCOC(=O)C(C)C(C)(C)CC(C)(C)CC(C)CC(=O)OC(COC(=O)C(C)(C)CC(C)(C)C)COC(=O)C(C)(C)CC(C)(C)C)CC[C@]4(C)C3CC[C@@]21C. The quantitative estimate of drug-likeness (QED) is 0.0622. The number of ether oxygens (including phenoxy) is 5. The number of Topliss-reactive ketones (excluding diaryl/α,β-unsaturated/α-hetero) is 1. The summed E-state index contributed by atoms with van der Waals surface area (Å²) in [5.74, 6) is 1.44. The van der Waals surface area contributed by atoms with Gasteiger partial charge in [0.15, 0.2) is 12.9 Å². The van der Waals surface area contributed by atoms with Gasteiger partial charge in [-0.3, -0.25) is 24.0 Å². The van der Waals surface area contributed by atoms with Crippen molar-refractivity contribution in [1.82, 2.24) is 0 Å². The zero-order chi connectivity index (χ0) is 51.6. The van der Waals surface area contributed by atoms with Gasteiger partial charge in [-0.1, -0.05) is 96.9 Å². The van der Waals surface area contributed by atoms with Crippen LogP contribution in [0.3, 0.4) is 0 Å². The van der Waals surface area contributed by atoms with Crippen LogP contribution in [0.15, 0.2) is 0 Å². The summed E-state index contributed by atoms with van der Waals surface area (Å²) in [5.41, 5.74) is -1.87. The fourth-order valence-electron chi connectivity index (χ4n) is 15.3. The van der Waals surface area contributed by atoms with Gasteiger partial charge in [0, 0.05) is 12.3 Å². The summed E-state index contributed by atoms with van der Waals surface area (Å²) in [7, 11) is 0. The maximum absolute atomic E-state index is 13.6. The van der Waals surface area contributed by atoms with Crippen molar-refractivity contribution in [2.45, 2.75) is 234 Å². The largest absolute Gasteiger partial charge is 0.461 e. The Kier molecular flexibility index (Phi) is 18.5. The molecule has 0 spiro atoms. The second kappa shape index (κ2) is 21.7. The Morgan fingerprint density at radius 1 is 0.632 bits per heavy atom. The van der Waals surface area contributed by atoms with Crippen LogP contribution in [0.5, 0.6) is 0 Å². The lowest BCUT2D eigenvalue weighted by Gasteiger charge is -2.61. The van der Waals surface area contributed by atoms with Gasteiger partial charge in [0.05, 0.1) is 22.9 Å². The van der Waals surface area contributed by atoms with Gasteiger partial charge >= 0.3 is 23.9 Å². The average molecular weight is 957 g/mol. The molecule has 4 saturated carbocycles. The van der Waals surface area contributed by atoms with Crippen LogP contribution in [-0.2, 0) is 47.7 Å². The van der Waals surface area contributed by atoms with Gasteiger partial charge in [-0.2, -0.15) is 0 Å². The number of esters is 4. The molecule has 0 aromatic heterocycles. The second-order valence-corrected chi connectivity index (χ2v) is 28.7. The molecule has 4 rings (SSSR count). The highest BCUT2D eigenvalue weighted by atomic mass is 16.7. The molecule has 0 aromatic rings. The first-order valence-electron chi connectivity index (χ1n) is 26.7. The molecule has 68 heavy (non-hydrogen) atoms. The second-order valence-electron chi connectivity index (χ2n) is 28.7. The molecule has 10 atom stereocenters. The maximum Gasteiger partial charge on any atom is 0.311 e. The normalized spacial score (nSPS) is 28.9. The summed E-state index contributed by atoms with van der Waals surface area (Å²) in [4.78, 5) is 66.3. The highest BCUT2D eigenvalue weighted by molar-refractivity contribution is 5.79. The third-order valence-electron chi connectivity index (χ3n) is 17.6. The first-order valence-corrected chi connectivity index (χ1v) is 26.7. The van der Waals surface area contributed by atoms with Crippen molar-refractivity contribution in [3.05, 3.63) is 0 Å². The predicted molar refractivity (Wildman–Crippen MR) is 269 cm³/mol. The summed E-state index contributed by atoms with van der Waals surface area (Å²) < 4.78 is 29.6. The summed E-state index contributed by atoms with van der Waals surface area (Å²) >= 11 is 0. The molecule has 0 heterocycles. The van der Waals surface area contributed by atoms with E-state index in [1.165, 1.54) is 32.1 Å². The van der Waals surface area contributed by atoms with Crippen molar-refractivity contribution < 1.29 is 47.7 Å². The molecule has 10 nitrogen and oxygen atoms in total. The summed E-state index contributed by atoms with van der Waals surface area (Å²) in [6.45, 7) is 38.7. The molecule has 0 N–H and O–H groups in total. The van der Waals surface area contributed by atoms with E-state index in [9.17, 15) is 24.0 Å². The van der Waals surface area contributed by atoms with Crippen LogP contribution >= 0.6 is 0 Å². The van der Waals surface area contributed by atoms with E-state index in [1.54, 1.807) is 0 Å². The highest BCUT2D eigenvalue weighted by Crippen LogP contribution is 2.67. The van der Waals surface area contributed by atoms with E-state index < -0.39 is 40.3 Å². The maximum atomic E-state index is 13.6. The fourth-order valence-corrected chi connectivity index (χ4v) is 15.3. The van der Waals surface area contributed by atoms with Gasteiger partial charge in [0.2, 0.25) is 0 Å². The molecular formula is C58H100O10. The van der Waals surface area contributed by atoms with E-state index >= 15 is 0 Å². The number of carbonyl (C=O) groups is 5. The number of hydrogen-bond acceptors (Lipinski definition) is 10. The van der Waals surface area contributed by atoms with Crippen LogP contribution in [0.1, 0.15) is 221 Å². The molecule has 4 fully saturated rings. The van der Waals surface area contributed by atoms with Crippen LogP contribution in [0.25, 0.3) is 0 Å². The molecule has 392 valence electrons. The molecule has 0 aliphatic heterocycles. The van der Waals surface area contributed by atoms with Gasteiger partial charge in [0.1, 0.15) is 19.0 Å². The molecule has 4 aliphatic carbocycles. The Bertz CT molecular complexity index is 1720. The Morgan fingerprint density at radius 2 is 1.16 bits per heavy atom. The van der Waals surface area contributed by atoms with Crippen molar-refractivity contribution in [2.75, 3.05) is 20.0 Å². The van der Waals surface area contributed by atoms with Crippen molar-refractivity contribution >= 4 is 29.7 Å². The van der Waals surface area contributed by atoms with E-state index in [-0.39, 0.29) is 77.9 Å². The highest BCUT2D eigenvalue weighted by Gasteiger charge is 2.61. The van der Waals surface area contributed by atoms with Crippen LogP contribution in [0.2, 0.25) is 0 Å². The Labute approximate surface area is 414 Å². The number of carbonyl (C=O) groups excluding carboxylic acids is 5. The molecule has 0 radical (unpaired) electrons. The zero-order valence-corrected chi connectivity index (χ0v) is 46.8. The minimum atomic E-state index is -0.955. The minimum Gasteiger partial charge on any atom is -0.461 e. The summed E-state index contributed by atoms with van der Waals surface area (Å²) in [6.07, 6.45) is 12.2. The first-order chi connectivity index (χ1) is 30.9. The topological polar surface area (TPSA) is 132 Å². The Morgan fingerprint density at radius 3 is 1.69 bits per heavy atom. The molecule has 0 saturated heterocycles. The van der Waals surface area contributed by atoms with Crippen molar-refractivity contribution in [2.24, 2.45) is 84.7 Å². The number of ketones is 1. The van der Waals surface area contributed by atoms with Gasteiger partial charge in [-0.25, -0.2) is 0 Å². The predicted octanol–water partition coefficient (Wildman–Crippen LogP) is 13.5. The molecular weight excluding hydrogens is 857 g/mol. The van der Waals surface area contributed by atoms with Gasteiger partial charge in [-0.15, -0.1) is 0 Å². The lowest BCUT2D eigenvalue weighted by atomic mass is 9.44. The molecule has 10 heteroatoms. The molecule has 0 bridgehead atoms. The van der Waals surface area contributed by atoms with Crippen molar-refractivity contribution in [1.29, 1.82) is 0 Å². The lowest BCUT2D eigenvalue weighted by Crippen LogP contribution is -2.54. The van der Waals surface area contributed by atoms with Crippen LogP contribution in [0.4, 0.5) is 0 Å². The molecule has 5 unspecified atom stereocenters. The van der Waals surface area contributed by atoms with Gasteiger partial charge < -0.3 is 23.7 Å². The number of rotatable bonds is 21. The van der Waals surface area contributed by atoms with E-state index in [0.717, 1.165) is 43.9 Å². The lowest BCUT2D eigenvalue weighted by molar-refractivity contribution is -0.180. The Balaban J connectivity index is 1.26. The number of fused-ring (bicyclic) bond motifs is 5. The number of hydrogen-bond donors (Lipinski definition) is 0. The summed E-state index contributed by atoms with van der Waals surface area (Å²) in [6, 6.07) is 0. The molecule has 0 aromatic carbocycles. The summed E-state index contributed by atoms with van der Waals surface area (Å²) in [5, 5.41) is 0. The van der Waals surface area contributed by atoms with Crippen LogP contribution in [0, 0.1) is 84.7 Å². The minimum absolute atomic E-state index is 0.0302. The van der Waals surface area contributed by atoms with Crippen molar-refractivity contribution in [3.8, 4) is 0 Å². The van der Waals surface area contributed by atoms with Gasteiger partial charge in [0.25, 0.3) is 0 Å². The van der Waals surface area contributed by atoms with Crippen LogP contribution in [-0.4, -0.2) is 61.9 Å². The Hall–Kier alpha value is -2.49. The first kappa shape index (κ1) is 58.1. The average Bonchev–Trinajstić information content (AvgIpc) is 3.53. The third-order valence-corrected chi connectivity index (χ3v) is 17.6. The monoisotopic (exact) mass is 957 g/mol. The smallest absolute Gasteiger partial charge is 0.311 e. The van der Waals surface area contributed by atoms with Crippen molar-refractivity contribution in [3.63, 3.8) is 0 Å². The van der Waals surface area contributed by atoms with E-state index in [2.05, 4.69) is 83.1 Å². The molecule has 4 aliphatic rings. The van der Waals surface area contributed by atoms with Gasteiger partial charge in [-0.05, 0) is 180 Å². The fraction of sp³-hybridized carbons (Fsp3) is 0.914. The van der Waals surface area contributed by atoms with E-state index in [0.29, 0.717) is 42.3 Å². The van der Waals surface area contributed by atoms with E-state index in [1.807, 2.05) is 48.5 Å². The molecule has 0 amide bonds. The van der Waals surface area contributed by atoms with E-state index in [4.69, 9.17) is 23.7 Å².